The van der Waals surface area contributed by atoms with Crippen molar-refractivity contribution in [1.29, 1.82) is 0 Å². The summed E-state index contributed by atoms with van der Waals surface area (Å²) >= 11 is 0. The van der Waals surface area contributed by atoms with E-state index in [0.717, 1.165) is 11.3 Å². The summed E-state index contributed by atoms with van der Waals surface area (Å²) in [6.45, 7) is 2.94. The molecule has 0 saturated heterocycles. The molecule has 0 saturated carbocycles. The second-order valence-corrected chi connectivity index (χ2v) is 4.42. The van der Waals surface area contributed by atoms with Gasteiger partial charge in [-0.3, -0.25) is 4.79 Å². The molecule has 1 N–H and O–H groups in total. The van der Waals surface area contributed by atoms with E-state index < -0.39 is 0 Å². The molecule has 0 aliphatic heterocycles. The van der Waals surface area contributed by atoms with Crippen LogP contribution in [-0.2, 0) is 6.54 Å². The molecule has 0 aliphatic carbocycles. The van der Waals surface area contributed by atoms with Crippen LogP contribution in [0.5, 0.6) is 11.5 Å². The summed E-state index contributed by atoms with van der Waals surface area (Å²) in [7, 11) is 1.55. The third-order valence-electron chi connectivity index (χ3n) is 3.06. The highest BCUT2D eigenvalue weighted by Crippen LogP contribution is 2.19. The predicted molar refractivity (Wildman–Crippen MR) is 81.8 cm³/mol. The number of carbonyl (C=O) groups excluding carboxylic acids is 1. The Labute approximate surface area is 124 Å². The number of para-hydroxylation sites is 2. The molecule has 0 unspecified atom stereocenters. The molecule has 0 bridgehead atoms. The molecule has 2 aromatic carbocycles. The molecule has 4 heteroatoms. The normalized spacial score (nSPS) is 10.0. The van der Waals surface area contributed by atoms with Crippen LogP contribution in [0.4, 0.5) is 0 Å². The van der Waals surface area contributed by atoms with Gasteiger partial charge < -0.3 is 14.8 Å². The van der Waals surface area contributed by atoms with Gasteiger partial charge in [0.25, 0.3) is 5.91 Å². The second-order valence-electron chi connectivity index (χ2n) is 4.42. The molecule has 0 spiro atoms. The van der Waals surface area contributed by atoms with Gasteiger partial charge in [0.05, 0.1) is 19.3 Å². The highest BCUT2D eigenvalue weighted by molar-refractivity contribution is 5.96. The van der Waals surface area contributed by atoms with E-state index in [0.29, 0.717) is 24.5 Å². The molecule has 0 fully saturated rings. The minimum absolute atomic E-state index is 0.168. The summed E-state index contributed by atoms with van der Waals surface area (Å²) in [6.07, 6.45) is 0. The van der Waals surface area contributed by atoms with E-state index in [9.17, 15) is 4.79 Å². The number of carbonyl (C=O) groups is 1. The Hall–Kier alpha value is -2.49. The van der Waals surface area contributed by atoms with Crippen LogP contribution in [-0.4, -0.2) is 19.6 Å². The van der Waals surface area contributed by atoms with Gasteiger partial charge in [-0.2, -0.15) is 0 Å². The van der Waals surface area contributed by atoms with Crippen molar-refractivity contribution in [3.8, 4) is 11.5 Å². The first-order valence-electron chi connectivity index (χ1n) is 6.88. The van der Waals surface area contributed by atoms with Crippen molar-refractivity contribution in [1.82, 2.24) is 5.32 Å². The van der Waals surface area contributed by atoms with Gasteiger partial charge in [0, 0.05) is 12.1 Å². The standard InChI is InChI=1S/C17H19NO3/c1-3-21-15-10-6-4-8-13(15)12-18-17(19)14-9-5-7-11-16(14)20-2/h4-11H,3,12H2,1-2H3,(H,18,19). The maximum Gasteiger partial charge on any atom is 0.255 e. The van der Waals surface area contributed by atoms with Gasteiger partial charge in [0.15, 0.2) is 0 Å². The number of amides is 1. The van der Waals surface area contributed by atoms with Crippen molar-refractivity contribution in [2.45, 2.75) is 13.5 Å². The first-order valence-corrected chi connectivity index (χ1v) is 6.88. The molecular formula is C17H19NO3. The summed E-state index contributed by atoms with van der Waals surface area (Å²) in [6, 6.07) is 14.8. The lowest BCUT2D eigenvalue weighted by atomic mass is 10.1. The summed E-state index contributed by atoms with van der Waals surface area (Å²) < 4.78 is 10.7. The van der Waals surface area contributed by atoms with E-state index >= 15 is 0 Å². The molecule has 0 aliphatic rings. The molecule has 2 aromatic rings. The number of ether oxygens (including phenoxy) is 2. The molecule has 4 nitrogen and oxygen atoms in total. The highest BCUT2D eigenvalue weighted by Gasteiger charge is 2.11. The molecule has 0 radical (unpaired) electrons. The van der Waals surface area contributed by atoms with E-state index in [1.54, 1.807) is 19.2 Å². The van der Waals surface area contributed by atoms with Gasteiger partial charge in [0.2, 0.25) is 0 Å². The largest absolute Gasteiger partial charge is 0.496 e. The first-order chi connectivity index (χ1) is 10.3. The fraction of sp³-hybridized carbons (Fsp3) is 0.235. The zero-order valence-corrected chi connectivity index (χ0v) is 12.3. The number of rotatable bonds is 6. The van der Waals surface area contributed by atoms with Gasteiger partial charge in [-0.1, -0.05) is 30.3 Å². The Morgan fingerprint density at radius 3 is 2.43 bits per heavy atom. The van der Waals surface area contributed by atoms with Gasteiger partial charge in [-0.15, -0.1) is 0 Å². The Kier molecular flexibility index (Phi) is 5.21. The number of nitrogens with one attached hydrogen (secondary N) is 1. The van der Waals surface area contributed by atoms with Gasteiger partial charge >= 0.3 is 0 Å². The van der Waals surface area contributed by atoms with Crippen LogP contribution in [0.25, 0.3) is 0 Å². The monoisotopic (exact) mass is 285 g/mol. The lowest BCUT2D eigenvalue weighted by molar-refractivity contribution is 0.0947. The van der Waals surface area contributed by atoms with Crippen LogP contribution >= 0.6 is 0 Å². The Morgan fingerprint density at radius 2 is 1.71 bits per heavy atom. The van der Waals surface area contributed by atoms with E-state index in [-0.39, 0.29) is 5.91 Å². The van der Waals surface area contributed by atoms with Crippen LogP contribution in [0, 0.1) is 0 Å². The molecule has 0 heterocycles. The fourth-order valence-electron chi connectivity index (χ4n) is 2.05. The first kappa shape index (κ1) is 14.9. The summed E-state index contributed by atoms with van der Waals surface area (Å²) in [5, 5.41) is 2.89. The average Bonchev–Trinajstić information content (AvgIpc) is 2.54. The molecular weight excluding hydrogens is 266 g/mol. The lowest BCUT2D eigenvalue weighted by Gasteiger charge is -2.12. The van der Waals surface area contributed by atoms with E-state index in [2.05, 4.69) is 5.32 Å². The van der Waals surface area contributed by atoms with E-state index in [1.807, 2.05) is 43.3 Å². The number of hydrogen-bond donors (Lipinski definition) is 1. The Balaban J connectivity index is 2.08. The predicted octanol–water partition coefficient (Wildman–Crippen LogP) is 3.02. The van der Waals surface area contributed by atoms with Crippen molar-refractivity contribution in [2.75, 3.05) is 13.7 Å². The number of benzene rings is 2. The zero-order chi connectivity index (χ0) is 15.1. The van der Waals surface area contributed by atoms with Crippen LogP contribution in [0.3, 0.4) is 0 Å². The van der Waals surface area contributed by atoms with Crippen LogP contribution in [0.1, 0.15) is 22.8 Å². The Morgan fingerprint density at radius 1 is 1.05 bits per heavy atom. The SMILES string of the molecule is CCOc1ccccc1CNC(=O)c1ccccc1OC. The molecule has 0 aromatic heterocycles. The smallest absolute Gasteiger partial charge is 0.255 e. The van der Waals surface area contributed by atoms with Crippen molar-refractivity contribution in [3.05, 3.63) is 59.7 Å². The van der Waals surface area contributed by atoms with Crippen molar-refractivity contribution >= 4 is 5.91 Å². The minimum atomic E-state index is -0.168. The minimum Gasteiger partial charge on any atom is -0.496 e. The van der Waals surface area contributed by atoms with Gasteiger partial charge in [-0.25, -0.2) is 0 Å². The molecule has 110 valence electrons. The highest BCUT2D eigenvalue weighted by atomic mass is 16.5. The number of methoxy groups -OCH3 is 1. The lowest BCUT2D eigenvalue weighted by Crippen LogP contribution is -2.23. The van der Waals surface area contributed by atoms with Crippen LogP contribution in [0.2, 0.25) is 0 Å². The second kappa shape index (κ2) is 7.33. The Bertz CT molecular complexity index is 610. The van der Waals surface area contributed by atoms with Crippen molar-refractivity contribution in [3.63, 3.8) is 0 Å². The fourth-order valence-corrected chi connectivity index (χ4v) is 2.05. The van der Waals surface area contributed by atoms with Crippen molar-refractivity contribution in [2.24, 2.45) is 0 Å². The molecule has 1 amide bonds. The third kappa shape index (κ3) is 3.75. The molecule has 0 atom stereocenters. The van der Waals surface area contributed by atoms with Crippen LogP contribution in [0.15, 0.2) is 48.5 Å². The summed E-state index contributed by atoms with van der Waals surface area (Å²) in [5.41, 5.74) is 1.47. The quantitative estimate of drug-likeness (QED) is 0.887. The molecule has 2 rings (SSSR count). The van der Waals surface area contributed by atoms with E-state index in [4.69, 9.17) is 9.47 Å². The maximum atomic E-state index is 12.2. The zero-order valence-electron chi connectivity index (χ0n) is 12.3. The van der Waals surface area contributed by atoms with Gasteiger partial charge in [-0.05, 0) is 25.1 Å². The van der Waals surface area contributed by atoms with Crippen molar-refractivity contribution < 1.29 is 14.3 Å². The van der Waals surface area contributed by atoms with Crippen LogP contribution < -0.4 is 14.8 Å². The van der Waals surface area contributed by atoms with E-state index in [1.165, 1.54) is 0 Å². The maximum absolute atomic E-state index is 12.2. The van der Waals surface area contributed by atoms with Gasteiger partial charge in [0.1, 0.15) is 11.5 Å². The summed E-state index contributed by atoms with van der Waals surface area (Å²) in [5.74, 6) is 1.19. The third-order valence-corrected chi connectivity index (χ3v) is 3.06. The number of hydrogen-bond acceptors (Lipinski definition) is 3. The average molecular weight is 285 g/mol. The molecule has 21 heavy (non-hydrogen) atoms. The summed E-state index contributed by atoms with van der Waals surface area (Å²) in [4.78, 5) is 12.2. The topological polar surface area (TPSA) is 47.6 Å².